The average Bonchev–Trinajstić information content (AvgIpc) is 3.26. The van der Waals surface area contributed by atoms with Gasteiger partial charge in [0.15, 0.2) is 11.5 Å². The van der Waals surface area contributed by atoms with Crippen molar-refractivity contribution in [1.29, 1.82) is 0 Å². The molecule has 1 N–H and O–H groups in total. The Balaban J connectivity index is 1.31. The number of para-hydroxylation sites is 1. The number of aromatic amines is 1. The summed E-state index contributed by atoms with van der Waals surface area (Å²) in [7, 11) is 0. The highest BCUT2D eigenvalue weighted by Crippen LogP contribution is 2.33. The van der Waals surface area contributed by atoms with Crippen LogP contribution >= 0.6 is 0 Å². The number of H-pyrrole nitrogens is 1. The zero-order chi connectivity index (χ0) is 17.5. The van der Waals surface area contributed by atoms with Gasteiger partial charge < -0.3 is 9.40 Å². The van der Waals surface area contributed by atoms with E-state index in [4.69, 9.17) is 4.42 Å². The second kappa shape index (κ2) is 6.25. The van der Waals surface area contributed by atoms with Crippen molar-refractivity contribution in [3.05, 3.63) is 59.7 Å². The molecule has 3 aromatic heterocycles. The van der Waals surface area contributed by atoms with Crippen LogP contribution in [0, 0.1) is 6.92 Å². The van der Waals surface area contributed by atoms with Crippen molar-refractivity contribution in [3.8, 4) is 0 Å². The summed E-state index contributed by atoms with van der Waals surface area (Å²) in [4.78, 5) is 14.8. The number of piperidine rings is 1. The number of hydrogen-bond donors (Lipinski definition) is 1. The summed E-state index contributed by atoms with van der Waals surface area (Å²) in [6.45, 7) is 5.05. The predicted molar refractivity (Wildman–Crippen MR) is 102 cm³/mol. The lowest BCUT2D eigenvalue weighted by Gasteiger charge is -2.32. The average molecular weight is 346 g/mol. The fourth-order valence-corrected chi connectivity index (χ4v) is 4.20. The Morgan fingerprint density at radius 3 is 2.96 bits per heavy atom. The summed E-state index contributed by atoms with van der Waals surface area (Å²) in [5, 5.41) is 1.27. The number of benzene rings is 1. The van der Waals surface area contributed by atoms with Crippen molar-refractivity contribution in [2.45, 2.75) is 32.2 Å². The van der Waals surface area contributed by atoms with Crippen molar-refractivity contribution in [3.63, 3.8) is 0 Å². The molecule has 5 heteroatoms. The first kappa shape index (κ1) is 15.6. The number of oxazole rings is 1. The molecule has 1 aliphatic heterocycles. The number of nitrogens with zero attached hydrogens (tertiary/aromatic N) is 3. The lowest BCUT2D eigenvalue weighted by molar-refractivity contribution is 0.205. The van der Waals surface area contributed by atoms with E-state index in [0.29, 0.717) is 5.92 Å². The van der Waals surface area contributed by atoms with Gasteiger partial charge in [0.1, 0.15) is 11.2 Å². The normalized spacial score (nSPS) is 16.7. The fourth-order valence-electron chi connectivity index (χ4n) is 4.20. The van der Waals surface area contributed by atoms with Gasteiger partial charge >= 0.3 is 0 Å². The van der Waals surface area contributed by atoms with E-state index in [2.05, 4.69) is 44.2 Å². The molecule has 0 aliphatic carbocycles. The number of pyridine rings is 1. The van der Waals surface area contributed by atoms with Crippen LogP contribution in [0.1, 0.15) is 35.8 Å². The third-order valence-corrected chi connectivity index (χ3v) is 5.51. The van der Waals surface area contributed by atoms with Crippen molar-refractivity contribution < 1.29 is 4.42 Å². The van der Waals surface area contributed by atoms with Gasteiger partial charge in [-0.25, -0.2) is 9.97 Å². The number of fused-ring (bicyclic) bond motifs is 2. The van der Waals surface area contributed by atoms with Crippen LogP contribution in [0.25, 0.3) is 22.1 Å². The molecule has 0 spiro atoms. The Kier molecular flexibility index (Phi) is 3.75. The Bertz CT molecular complexity index is 1060. The summed E-state index contributed by atoms with van der Waals surface area (Å²) in [5.41, 5.74) is 5.57. The van der Waals surface area contributed by atoms with Crippen molar-refractivity contribution in [2.24, 2.45) is 0 Å². The highest BCUT2D eigenvalue weighted by Gasteiger charge is 2.23. The quantitative estimate of drug-likeness (QED) is 0.598. The maximum Gasteiger partial charge on any atom is 0.192 e. The van der Waals surface area contributed by atoms with Gasteiger partial charge in [-0.1, -0.05) is 12.1 Å². The van der Waals surface area contributed by atoms with E-state index >= 15 is 0 Å². The van der Waals surface area contributed by atoms with Crippen LogP contribution in [-0.4, -0.2) is 32.9 Å². The summed E-state index contributed by atoms with van der Waals surface area (Å²) in [6, 6.07) is 10.4. The predicted octanol–water partition coefficient (Wildman–Crippen LogP) is 4.39. The van der Waals surface area contributed by atoms with Gasteiger partial charge in [-0.3, -0.25) is 4.90 Å². The van der Waals surface area contributed by atoms with E-state index in [9.17, 15) is 0 Å². The van der Waals surface area contributed by atoms with Crippen LogP contribution in [-0.2, 0) is 6.54 Å². The number of aromatic nitrogens is 3. The molecule has 0 radical (unpaired) electrons. The Labute approximate surface area is 152 Å². The molecule has 0 saturated carbocycles. The minimum absolute atomic E-state index is 0.606. The third-order valence-electron chi connectivity index (χ3n) is 5.51. The van der Waals surface area contributed by atoms with Crippen LogP contribution in [0.5, 0.6) is 0 Å². The molecule has 1 saturated heterocycles. The summed E-state index contributed by atoms with van der Waals surface area (Å²) >= 11 is 0. The maximum absolute atomic E-state index is 5.67. The lowest BCUT2D eigenvalue weighted by Crippen LogP contribution is -2.32. The molecule has 1 aromatic carbocycles. The van der Waals surface area contributed by atoms with Crippen molar-refractivity contribution >= 4 is 22.1 Å². The van der Waals surface area contributed by atoms with E-state index in [1.807, 2.05) is 25.3 Å². The number of nitrogens with one attached hydrogen (secondary N) is 1. The van der Waals surface area contributed by atoms with Crippen LogP contribution in [0.2, 0.25) is 0 Å². The van der Waals surface area contributed by atoms with Crippen molar-refractivity contribution in [2.75, 3.05) is 13.1 Å². The van der Waals surface area contributed by atoms with E-state index in [-0.39, 0.29) is 0 Å². The molecule has 132 valence electrons. The van der Waals surface area contributed by atoms with Gasteiger partial charge in [-0.2, -0.15) is 0 Å². The smallest absolute Gasteiger partial charge is 0.192 e. The van der Waals surface area contributed by atoms with Crippen LogP contribution < -0.4 is 0 Å². The molecule has 0 unspecified atom stereocenters. The number of aryl methyl sites for hydroxylation is 1. The summed E-state index contributed by atoms with van der Waals surface area (Å²) < 4.78 is 5.67. The molecule has 26 heavy (non-hydrogen) atoms. The van der Waals surface area contributed by atoms with Gasteiger partial charge in [0.05, 0.1) is 0 Å². The second-order valence-electron chi connectivity index (χ2n) is 7.19. The zero-order valence-corrected chi connectivity index (χ0v) is 14.9. The number of hydrogen-bond acceptors (Lipinski definition) is 4. The molecule has 5 nitrogen and oxygen atoms in total. The molecular weight excluding hydrogens is 324 g/mol. The molecule has 4 aromatic rings. The summed E-state index contributed by atoms with van der Waals surface area (Å²) in [6.07, 6.45) is 6.35. The van der Waals surface area contributed by atoms with Crippen LogP contribution in [0.15, 0.2) is 47.1 Å². The van der Waals surface area contributed by atoms with E-state index in [1.54, 1.807) is 0 Å². The highest BCUT2D eigenvalue weighted by molar-refractivity contribution is 5.80. The first-order chi connectivity index (χ1) is 12.8. The minimum atomic E-state index is 0.606. The van der Waals surface area contributed by atoms with Gasteiger partial charge in [0, 0.05) is 31.2 Å². The van der Waals surface area contributed by atoms with E-state index < -0.39 is 0 Å². The number of likely N-dealkylation sites (tertiary alicyclic amines) is 1. The molecule has 0 bridgehead atoms. The standard InChI is InChI=1S/C21H22N4O/c1-14-24-20-16(4-2-6-19(20)26-14)13-25-10-7-15(8-11-25)18-12-23-21-17(18)5-3-9-22-21/h2-6,9,12,15H,7-8,10-11,13H2,1H3,(H,22,23). The summed E-state index contributed by atoms with van der Waals surface area (Å²) in [5.74, 6) is 1.34. The largest absolute Gasteiger partial charge is 0.441 e. The van der Waals surface area contributed by atoms with Gasteiger partial charge in [0.2, 0.25) is 0 Å². The monoisotopic (exact) mass is 346 g/mol. The third kappa shape index (κ3) is 2.69. The van der Waals surface area contributed by atoms with E-state index in [1.165, 1.54) is 29.4 Å². The topological polar surface area (TPSA) is 58.0 Å². The SMILES string of the molecule is Cc1nc2c(CN3CCC(c4c[nH]c5ncccc45)CC3)cccc2o1. The second-order valence-corrected chi connectivity index (χ2v) is 7.19. The molecule has 0 atom stereocenters. The van der Waals surface area contributed by atoms with Gasteiger partial charge in [0.25, 0.3) is 0 Å². The Morgan fingerprint density at radius 2 is 2.08 bits per heavy atom. The zero-order valence-electron chi connectivity index (χ0n) is 14.9. The molecule has 1 fully saturated rings. The van der Waals surface area contributed by atoms with Crippen LogP contribution in [0.3, 0.4) is 0 Å². The van der Waals surface area contributed by atoms with E-state index in [0.717, 1.165) is 42.3 Å². The minimum Gasteiger partial charge on any atom is -0.441 e. The first-order valence-electron chi connectivity index (χ1n) is 9.27. The highest BCUT2D eigenvalue weighted by atomic mass is 16.3. The van der Waals surface area contributed by atoms with Gasteiger partial charge in [-0.15, -0.1) is 0 Å². The van der Waals surface area contributed by atoms with Crippen molar-refractivity contribution in [1.82, 2.24) is 19.9 Å². The molecule has 5 rings (SSSR count). The Morgan fingerprint density at radius 1 is 1.19 bits per heavy atom. The number of rotatable bonds is 3. The Hall–Kier alpha value is -2.66. The molecule has 4 heterocycles. The molecule has 0 amide bonds. The fraction of sp³-hybridized carbons (Fsp3) is 0.333. The van der Waals surface area contributed by atoms with Crippen LogP contribution in [0.4, 0.5) is 0 Å². The molecule has 1 aliphatic rings. The van der Waals surface area contributed by atoms with Gasteiger partial charge in [-0.05, 0) is 61.2 Å². The lowest BCUT2D eigenvalue weighted by atomic mass is 9.89. The molecular formula is C21H22N4O. The first-order valence-corrected chi connectivity index (χ1v) is 9.27. The maximum atomic E-state index is 5.67.